The van der Waals surface area contributed by atoms with Crippen molar-refractivity contribution in [3.8, 4) is 11.5 Å². The highest BCUT2D eigenvalue weighted by Crippen LogP contribution is 2.27. The number of carbonyl (C=O) groups is 4. The molecule has 0 unspecified atom stereocenters. The molecule has 1 fully saturated rings. The lowest BCUT2D eigenvalue weighted by Gasteiger charge is -2.26. The van der Waals surface area contributed by atoms with Gasteiger partial charge in [0.05, 0.1) is 16.4 Å². The number of urea groups is 1. The third-order valence-electron chi connectivity index (χ3n) is 6.17. The number of carbonyl (C=O) groups excluding carboxylic acids is 4. The molecule has 0 bridgehead atoms. The minimum absolute atomic E-state index is 0.253. The maximum absolute atomic E-state index is 13.4. The van der Waals surface area contributed by atoms with Crippen LogP contribution >= 0.6 is 11.6 Å². The number of halogens is 1. The number of imide groups is 2. The summed E-state index contributed by atoms with van der Waals surface area (Å²) in [5.74, 6) is -1.32. The molecule has 42 heavy (non-hydrogen) atoms. The molecule has 4 aromatic rings. The Morgan fingerprint density at radius 3 is 2.29 bits per heavy atom. The molecule has 0 aromatic heterocycles. The molecule has 5 rings (SSSR count). The van der Waals surface area contributed by atoms with Crippen molar-refractivity contribution < 1.29 is 28.7 Å². The van der Waals surface area contributed by atoms with Gasteiger partial charge in [-0.05, 0) is 54.1 Å². The van der Waals surface area contributed by atoms with E-state index in [0.717, 1.165) is 10.5 Å². The van der Waals surface area contributed by atoms with Gasteiger partial charge in [-0.25, -0.2) is 9.69 Å². The van der Waals surface area contributed by atoms with Crippen LogP contribution in [0.1, 0.15) is 11.1 Å². The van der Waals surface area contributed by atoms with E-state index < -0.39 is 23.8 Å². The summed E-state index contributed by atoms with van der Waals surface area (Å²) in [6, 6.07) is 28.5. The Kier molecular flexibility index (Phi) is 8.60. The molecule has 0 aliphatic carbocycles. The topological polar surface area (TPSA) is 114 Å². The van der Waals surface area contributed by atoms with Crippen molar-refractivity contribution in [3.05, 3.63) is 125 Å². The first-order valence-electron chi connectivity index (χ1n) is 12.8. The van der Waals surface area contributed by atoms with Crippen molar-refractivity contribution in [2.24, 2.45) is 0 Å². The fourth-order valence-electron chi connectivity index (χ4n) is 4.10. The molecule has 2 N–H and O–H groups in total. The van der Waals surface area contributed by atoms with E-state index in [9.17, 15) is 19.2 Å². The van der Waals surface area contributed by atoms with Gasteiger partial charge in [0.15, 0.2) is 6.61 Å². The molecule has 1 aliphatic heterocycles. The number of nitrogens with one attached hydrogen (secondary N) is 2. The second-order valence-electron chi connectivity index (χ2n) is 9.08. The van der Waals surface area contributed by atoms with E-state index in [4.69, 9.17) is 21.1 Å². The van der Waals surface area contributed by atoms with Crippen LogP contribution in [-0.4, -0.2) is 30.4 Å². The zero-order valence-corrected chi connectivity index (χ0v) is 22.8. The first kappa shape index (κ1) is 28.1. The summed E-state index contributed by atoms with van der Waals surface area (Å²) >= 11 is 6.09. The molecule has 1 aliphatic rings. The summed E-state index contributed by atoms with van der Waals surface area (Å²) in [6.45, 7) is 0.00268. The highest BCUT2D eigenvalue weighted by atomic mass is 35.5. The Labute approximate surface area is 246 Å². The van der Waals surface area contributed by atoms with Crippen molar-refractivity contribution >= 4 is 52.8 Å². The molecule has 10 heteroatoms. The average Bonchev–Trinajstić information content (AvgIpc) is 3.00. The van der Waals surface area contributed by atoms with Crippen LogP contribution in [0.15, 0.2) is 109 Å². The minimum atomic E-state index is -0.874. The Hall–Kier alpha value is -5.41. The van der Waals surface area contributed by atoms with Crippen LogP contribution in [0.5, 0.6) is 11.5 Å². The zero-order valence-electron chi connectivity index (χ0n) is 22.1. The largest absolute Gasteiger partial charge is 0.489 e. The van der Waals surface area contributed by atoms with Gasteiger partial charge in [0.25, 0.3) is 17.7 Å². The lowest BCUT2D eigenvalue weighted by molar-refractivity contribution is -0.122. The van der Waals surface area contributed by atoms with Crippen molar-refractivity contribution in [1.82, 2.24) is 5.32 Å². The number of benzene rings is 4. The van der Waals surface area contributed by atoms with Gasteiger partial charge in [0.2, 0.25) is 0 Å². The van der Waals surface area contributed by atoms with E-state index in [1.165, 1.54) is 6.08 Å². The zero-order chi connectivity index (χ0) is 29.5. The lowest BCUT2D eigenvalue weighted by Crippen LogP contribution is -2.54. The molecule has 0 atom stereocenters. The van der Waals surface area contributed by atoms with Gasteiger partial charge in [0, 0.05) is 5.56 Å². The summed E-state index contributed by atoms with van der Waals surface area (Å²) < 4.78 is 11.5. The lowest BCUT2D eigenvalue weighted by atomic mass is 10.1. The number of hydrogen-bond donors (Lipinski definition) is 2. The van der Waals surface area contributed by atoms with Crippen LogP contribution < -0.4 is 25.0 Å². The highest BCUT2D eigenvalue weighted by molar-refractivity contribution is 6.39. The Morgan fingerprint density at radius 1 is 0.833 bits per heavy atom. The van der Waals surface area contributed by atoms with Crippen molar-refractivity contribution in [3.63, 3.8) is 0 Å². The van der Waals surface area contributed by atoms with E-state index in [2.05, 4.69) is 10.6 Å². The predicted molar refractivity (Wildman–Crippen MR) is 158 cm³/mol. The second kappa shape index (κ2) is 12.8. The third kappa shape index (κ3) is 6.65. The molecular formula is C32H24ClN3O6. The van der Waals surface area contributed by atoms with Gasteiger partial charge in [0.1, 0.15) is 23.7 Å². The Balaban J connectivity index is 1.30. The number of hydrogen-bond acceptors (Lipinski definition) is 6. The minimum Gasteiger partial charge on any atom is -0.489 e. The number of amides is 5. The van der Waals surface area contributed by atoms with Crippen molar-refractivity contribution in [1.29, 1.82) is 0 Å². The smallest absolute Gasteiger partial charge is 0.335 e. The number of anilines is 2. The van der Waals surface area contributed by atoms with Gasteiger partial charge in [-0.3, -0.25) is 19.7 Å². The Bertz CT molecular complexity index is 1670. The monoisotopic (exact) mass is 581 g/mol. The fraction of sp³-hybridized carbons (Fsp3) is 0.0625. The maximum atomic E-state index is 13.4. The second-order valence-corrected chi connectivity index (χ2v) is 9.49. The molecule has 5 amide bonds. The van der Waals surface area contributed by atoms with Crippen LogP contribution in [0, 0.1) is 0 Å². The quantitative estimate of drug-likeness (QED) is 0.196. The molecule has 0 radical (unpaired) electrons. The van der Waals surface area contributed by atoms with Crippen LogP contribution in [0.4, 0.5) is 16.2 Å². The van der Waals surface area contributed by atoms with E-state index in [-0.39, 0.29) is 23.6 Å². The molecule has 210 valence electrons. The van der Waals surface area contributed by atoms with E-state index in [1.807, 2.05) is 30.3 Å². The predicted octanol–water partition coefficient (Wildman–Crippen LogP) is 5.60. The van der Waals surface area contributed by atoms with Crippen LogP contribution in [0.2, 0.25) is 5.02 Å². The standard InChI is InChI=1S/C32H24ClN3O6/c33-26-11-5-6-12-27(26)34-29(37)20-42-28-13-7-4-10-22(28)18-25-30(38)35-32(40)36(31(25)39)23-14-16-24(17-15-23)41-19-21-8-2-1-3-9-21/h1-18H,19-20H2,(H,34,37)(H,35,38,40). The Morgan fingerprint density at radius 2 is 1.52 bits per heavy atom. The molecule has 1 heterocycles. The average molecular weight is 582 g/mol. The SMILES string of the molecule is O=C(COc1ccccc1C=C1C(=O)NC(=O)N(c2ccc(OCc3ccccc3)cc2)C1=O)Nc1ccccc1Cl. The molecule has 0 saturated carbocycles. The summed E-state index contributed by atoms with van der Waals surface area (Å²) in [5, 5.41) is 5.24. The normalized spacial score (nSPS) is 14.0. The van der Waals surface area contributed by atoms with Crippen LogP contribution in [0.3, 0.4) is 0 Å². The van der Waals surface area contributed by atoms with E-state index in [0.29, 0.717) is 28.6 Å². The summed E-state index contributed by atoms with van der Waals surface area (Å²) in [7, 11) is 0. The first-order valence-corrected chi connectivity index (χ1v) is 13.2. The fourth-order valence-corrected chi connectivity index (χ4v) is 4.29. The van der Waals surface area contributed by atoms with Crippen LogP contribution in [0.25, 0.3) is 6.08 Å². The summed E-state index contributed by atoms with van der Waals surface area (Å²) in [4.78, 5) is 52.1. The number of para-hydroxylation sites is 2. The number of barbiturate groups is 1. The maximum Gasteiger partial charge on any atom is 0.335 e. The number of ether oxygens (including phenoxy) is 2. The number of nitrogens with zero attached hydrogens (tertiary/aromatic N) is 1. The number of rotatable bonds is 9. The third-order valence-corrected chi connectivity index (χ3v) is 6.50. The van der Waals surface area contributed by atoms with Crippen molar-refractivity contribution in [2.75, 3.05) is 16.8 Å². The van der Waals surface area contributed by atoms with Crippen molar-refractivity contribution in [2.45, 2.75) is 6.61 Å². The van der Waals surface area contributed by atoms with Gasteiger partial charge in [-0.15, -0.1) is 0 Å². The van der Waals surface area contributed by atoms with Gasteiger partial charge < -0.3 is 14.8 Å². The van der Waals surface area contributed by atoms with Gasteiger partial charge >= 0.3 is 6.03 Å². The first-order chi connectivity index (χ1) is 20.4. The van der Waals surface area contributed by atoms with Crippen LogP contribution in [-0.2, 0) is 21.0 Å². The molecule has 9 nitrogen and oxygen atoms in total. The summed E-state index contributed by atoms with van der Waals surface area (Å²) in [5.41, 5.74) is 1.76. The molecule has 1 saturated heterocycles. The van der Waals surface area contributed by atoms with Gasteiger partial charge in [-0.2, -0.15) is 0 Å². The molecule has 0 spiro atoms. The summed E-state index contributed by atoms with van der Waals surface area (Å²) in [6.07, 6.45) is 1.32. The van der Waals surface area contributed by atoms with E-state index in [1.54, 1.807) is 72.8 Å². The van der Waals surface area contributed by atoms with E-state index >= 15 is 0 Å². The molecule has 4 aromatic carbocycles. The highest BCUT2D eigenvalue weighted by Gasteiger charge is 2.37. The molecular weight excluding hydrogens is 558 g/mol. The van der Waals surface area contributed by atoms with Gasteiger partial charge in [-0.1, -0.05) is 72.3 Å².